The van der Waals surface area contributed by atoms with Gasteiger partial charge in [0.15, 0.2) is 0 Å². The molecule has 0 aliphatic heterocycles. The molecule has 1 aliphatic rings. The van der Waals surface area contributed by atoms with Crippen molar-refractivity contribution in [3.8, 4) is 0 Å². The Morgan fingerprint density at radius 3 is 2.50 bits per heavy atom. The minimum Gasteiger partial charge on any atom is -0.378 e. The molecule has 70 valence electrons. The van der Waals surface area contributed by atoms with E-state index in [0.29, 0.717) is 6.61 Å². The molecule has 0 aromatic heterocycles. The van der Waals surface area contributed by atoms with Crippen molar-refractivity contribution in [2.24, 2.45) is 5.41 Å². The molecular formula is C10H18O2. The first kappa shape index (κ1) is 9.72. The predicted molar refractivity (Wildman–Crippen MR) is 48.1 cm³/mol. The molecule has 0 amide bonds. The molecule has 0 saturated heterocycles. The van der Waals surface area contributed by atoms with E-state index < -0.39 is 0 Å². The molecule has 0 aromatic carbocycles. The highest BCUT2D eigenvalue weighted by Crippen LogP contribution is 2.40. The van der Waals surface area contributed by atoms with Crippen LogP contribution in [0.4, 0.5) is 0 Å². The first-order chi connectivity index (χ1) is 5.75. The predicted octanol–water partition coefficient (Wildman–Crippen LogP) is 2.17. The highest BCUT2D eigenvalue weighted by Gasteiger charge is 2.39. The van der Waals surface area contributed by atoms with Crippen molar-refractivity contribution in [1.29, 1.82) is 0 Å². The van der Waals surface area contributed by atoms with Crippen LogP contribution in [0.1, 0.15) is 39.5 Å². The third-order valence-electron chi connectivity index (χ3n) is 3.00. The van der Waals surface area contributed by atoms with E-state index in [1.54, 1.807) is 0 Å². The minimum absolute atomic E-state index is 0.0995. The summed E-state index contributed by atoms with van der Waals surface area (Å²) in [5, 5.41) is 0. The molecule has 1 saturated carbocycles. The number of hydrogen-bond acceptors (Lipinski definition) is 2. The van der Waals surface area contributed by atoms with E-state index in [0.717, 1.165) is 19.1 Å². The SMILES string of the molecule is CCOC(C)C1(C=O)CCCC1. The van der Waals surface area contributed by atoms with Gasteiger partial charge in [0.2, 0.25) is 0 Å². The van der Waals surface area contributed by atoms with Gasteiger partial charge in [-0.05, 0) is 26.7 Å². The molecule has 0 aromatic rings. The maximum absolute atomic E-state index is 11.0. The van der Waals surface area contributed by atoms with Crippen LogP contribution in [0.5, 0.6) is 0 Å². The Hall–Kier alpha value is -0.370. The Labute approximate surface area is 74.3 Å². The van der Waals surface area contributed by atoms with E-state index in [1.165, 1.54) is 12.8 Å². The van der Waals surface area contributed by atoms with Crippen LogP contribution in [-0.4, -0.2) is 19.0 Å². The Kier molecular flexibility index (Phi) is 3.27. The molecule has 2 nitrogen and oxygen atoms in total. The second-order valence-electron chi connectivity index (χ2n) is 3.66. The van der Waals surface area contributed by atoms with Crippen molar-refractivity contribution in [2.45, 2.75) is 45.6 Å². The summed E-state index contributed by atoms with van der Waals surface area (Å²) in [6.07, 6.45) is 5.59. The van der Waals surface area contributed by atoms with Gasteiger partial charge in [-0.1, -0.05) is 12.8 Å². The Bertz CT molecular complexity index is 148. The van der Waals surface area contributed by atoms with Crippen LogP contribution in [0, 0.1) is 5.41 Å². The van der Waals surface area contributed by atoms with E-state index in [2.05, 4.69) is 0 Å². The molecule has 0 N–H and O–H groups in total. The highest BCUT2D eigenvalue weighted by molar-refractivity contribution is 5.61. The van der Waals surface area contributed by atoms with E-state index in [9.17, 15) is 4.79 Å². The van der Waals surface area contributed by atoms with E-state index in [-0.39, 0.29) is 11.5 Å². The van der Waals surface area contributed by atoms with Gasteiger partial charge in [-0.2, -0.15) is 0 Å². The van der Waals surface area contributed by atoms with Gasteiger partial charge in [-0.3, -0.25) is 0 Å². The lowest BCUT2D eigenvalue weighted by Gasteiger charge is -2.29. The zero-order chi connectivity index (χ0) is 9.03. The van der Waals surface area contributed by atoms with E-state index in [4.69, 9.17) is 4.74 Å². The van der Waals surface area contributed by atoms with E-state index in [1.807, 2.05) is 13.8 Å². The van der Waals surface area contributed by atoms with Gasteiger partial charge in [-0.25, -0.2) is 0 Å². The van der Waals surface area contributed by atoms with Crippen molar-refractivity contribution in [1.82, 2.24) is 0 Å². The summed E-state index contributed by atoms with van der Waals surface area (Å²) < 4.78 is 5.49. The summed E-state index contributed by atoms with van der Waals surface area (Å²) in [6.45, 7) is 4.70. The molecule has 0 radical (unpaired) electrons. The zero-order valence-electron chi connectivity index (χ0n) is 8.01. The average molecular weight is 170 g/mol. The van der Waals surface area contributed by atoms with Crippen LogP contribution >= 0.6 is 0 Å². The molecule has 1 rings (SSSR count). The molecule has 12 heavy (non-hydrogen) atoms. The monoisotopic (exact) mass is 170 g/mol. The van der Waals surface area contributed by atoms with Gasteiger partial charge < -0.3 is 9.53 Å². The maximum Gasteiger partial charge on any atom is 0.128 e. The molecule has 1 fully saturated rings. The Morgan fingerprint density at radius 2 is 2.08 bits per heavy atom. The van der Waals surface area contributed by atoms with Gasteiger partial charge in [-0.15, -0.1) is 0 Å². The zero-order valence-corrected chi connectivity index (χ0v) is 8.01. The standard InChI is InChI=1S/C10H18O2/c1-3-12-9(2)10(8-11)6-4-5-7-10/h8-9H,3-7H2,1-2H3. The Morgan fingerprint density at radius 1 is 1.50 bits per heavy atom. The highest BCUT2D eigenvalue weighted by atomic mass is 16.5. The van der Waals surface area contributed by atoms with Crippen molar-refractivity contribution in [2.75, 3.05) is 6.61 Å². The molecule has 1 atom stereocenters. The smallest absolute Gasteiger partial charge is 0.128 e. The number of aldehydes is 1. The number of hydrogen-bond donors (Lipinski definition) is 0. The first-order valence-corrected chi connectivity index (χ1v) is 4.83. The quantitative estimate of drug-likeness (QED) is 0.604. The van der Waals surface area contributed by atoms with Crippen LogP contribution in [0.3, 0.4) is 0 Å². The normalized spacial score (nSPS) is 23.8. The van der Waals surface area contributed by atoms with Crippen LogP contribution in [0.25, 0.3) is 0 Å². The van der Waals surface area contributed by atoms with Gasteiger partial charge in [0, 0.05) is 6.61 Å². The van der Waals surface area contributed by atoms with Crippen molar-refractivity contribution >= 4 is 6.29 Å². The summed E-state index contributed by atoms with van der Waals surface area (Å²) in [6, 6.07) is 0. The third kappa shape index (κ3) is 1.69. The van der Waals surface area contributed by atoms with Gasteiger partial charge in [0.25, 0.3) is 0 Å². The molecule has 2 heteroatoms. The second kappa shape index (κ2) is 4.04. The number of carbonyl (C=O) groups excluding carboxylic acids is 1. The summed E-state index contributed by atoms with van der Waals surface area (Å²) in [4.78, 5) is 11.0. The molecule has 1 aliphatic carbocycles. The number of carbonyl (C=O) groups is 1. The fraction of sp³-hybridized carbons (Fsp3) is 0.900. The van der Waals surface area contributed by atoms with Crippen LogP contribution in [0.2, 0.25) is 0 Å². The summed E-state index contributed by atoms with van der Waals surface area (Å²) in [7, 11) is 0. The minimum atomic E-state index is -0.157. The van der Waals surface area contributed by atoms with Gasteiger partial charge >= 0.3 is 0 Å². The average Bonchev–Trinajstić information content (AvgIpc) is 2.54. The topological polar surface area (TPSA) is 26.3 Å². The molecular weight excluding hydrogens is 152 g/mol. The Balaban J connectivity index is 2.58. The van der Waals surface area contributed by atoms with Crippen molar-refractivity contribution in [3.63, 3.8) is 0 Å². The van der Waals surface area contributed by atoms with E-state index >= 15 is 0 Å². The number of ether oxygens (including phenoxy) is 1. The molecule has 0 bridgehead atoms. The summed E-state index contributed by atoms with van der Waals surface area (Å²) in [5.41, 5.74) is -0.157. The lowest BCUT2D eigenvalue weighted by atomic mass is 9.83. The molecule has 0 heterocycles. The van der Waals surface area contributed by atoms with Crippen molar-refractivity contribution < 1.29 is 9.53 Å². The summed E-state index contributed by atoms with van der Waals surface area (Å²) in [5.74, 6) is 0. The molecule has 1 unspecified atom stereocenters. The molecule has 0 spiro atoms. The van der Waals surface area contributed by atoms with Gasteiger partial charge in [0.05, 0.1) is 11.5 Å². The lowest BCUT2D eigenvalue weighted by Crippen LogP contribution is -2.34. The number of rotatable bonds is 4. The fourth-order valence-corrected chi connectivity index (χ4v) is 2.07. The first-order valence-electron chi connectivity index (χ1n) is 4.83. The largest absolute Gasteiger partial charge is 0.378 e. The third-order valence-corrected chi connectivity index (χ3v) is 3.00. The summed E-state index contributed by atoms with van der Waals surface area (Å²) >= 11 is 0. The fourth-order valence-electron chi connectivity index (χ4n) is 2.07. The van der Waals surface area contributed by atoms with Crippen molar-refractivity contribution in [3.05, 3.63) is 0 Å². The van der Waals surface area contributed by atoms with Gasteiger partial charge in [0.1, 0.15) is 6.29 Å². The second-order valence-corrected chi connectivity index (χ2v) is 3.66. The lowest BCUT2D eigenvalue weighted by molar-refractivity contribution is -0.124. The van der Waals surface area contributed by atoms with Crippen LogP contribution in [0.15, 0.2) is 0 Å². The van der Waals surface area contributed by atoms with Crippen LogP contribution in [-0.2, 0) is 9.53 Å². The maximum atomic E-state index is 11.0. The van der Waals surface area contributed by atoms with Crippen LogP contribution < -0.4 is 0 Å².